The van der Waals surface area contributed by atoms with Crippen molar-refractivity contribution in [2.75, 3.05) is 19.6 Å². The molecule has 1 aromatic carbocycles. The van der Waals surface area contributed by atoms with Gasteiger partial charge in [-0.05, 0) is 30.5 Å². The minimum absolute atomic E-state index is 0. The van der Waals surface area contributed by atoms with Crippen molar-refractivity contribution in [3.63, 3.8) is 0 Å². The maximum absolute atomic E-state index is 14.9. The number of benzene rings is 1. The van der Waals surface area contributed by atoms with E-state index >= 15 is 0 Å². The SMILES string of the molecule is CC1CC(=O)N(C[C@H]2NCCc3c(Cl)cc(F)c(OCc4nnn(C)c4C(F)F)c32)C1.Cl. The minimum Gasteiger partial charge on any atom is -0.484 e. The lowest BCUT2D eigenvalue weighted by Gasteiger charge is -2.32. The zero-order valence-corrected chi connectivity index (χ0v) is 19.1. The molecule has 7 nitrogen and oxygen atoms in total. The molecule has 2 aliphatic heterocycles. The molecule has 0 radical (unpaired) electrons. The minimum atomic E-state index is -2.79. The molecule has 2 atom stereocenters. The molecule has 0 saturated carbocycles. The molecule has 0 aliphatic carbocycles. The highest BCUT2D eigenvalue weighted by Gasteiger charge is 2.34. The van der Waals surface area contributed by atoms with Crippen molar-refractivity contribution in [1.82, 2.24) is 25.2 Å². The Morgan fingerprint density at radius 3 is 2.81 bits per heavy atom. The van der Waals surface area contributed by atoms with Gasteiger partial charge in [-0.25, -0.2) is 17.9 Å². The summed E-state index contributed by atoms with van der Waals surface area (Å²) >= 11 is 6.31. The van der Waals surface area contributed by atoms with E-state index in [0.29, 0.717) is 38.0 Å². The van der Waals surface area contributed by atoms with E-state index in [0.717, 1.165) is 10.2 Å². The molecule has 0 bridgehead atoms. The van der Waals surface area contributed by atoms with Gasteiger partial charge in [-0.15, -0.1) is 17.5 Å². The topological polar surface area (TPSA) is 72.3 Å². The first-order valence-corrected chi connectivity index (χ1v) is 10.4. The van der Waals surface area contributed by atoms with E-state index in [1.54, 1.807) is 4.90 Å². The lowest BCUT2D eigenvalue weighted by Crippen LogP contribution is -2.40. The van der Waals surface area contributed by atoms with Crippen LogP contribution in [0.3, 0.4) is 0 Å². The van der Waals surface area contributed by atoms with Crippen LogP contribution in [0.2, 0.25) is 5.02 Å². The summed E-state index contributed by atoms with van der Waals surface area (Å²) in [4.78, 5) is 14.0. The first-order chi connectivity index (χ1) is 14.8. The van der Waals surface area contributed by atoms with Gasteiger partial charge in [0.25, 0.3) is 6.43 Å². The number of fused-ring (bicyclic) bond motifs is 1. The Labute approximate surface area is 194 Å². The van der Waals surface area contributed by atoms with Crippen LogP contribution >= 0.6 is 24.0 Å². The number of halogens is 5. The highest BCUT2D eigenvalue weighted by Crippen LogP contribution is 2.40. The Morgan fingerprint density at radius 1 is 1.41 bits per heavy atom. The second kappa shape index (κ2) is 9.84. The van der Waals surface area contributed by atoms with Crippen molar-refractivity contribution in [3.05, 3.63) is 39.4 Å². The van der Waals surface area contributed by atoms with Crippen LogP contribution < -0.4 is 10.1 Å². The number of amides is 1. The van der Waals surface area contributed by atoms with Gasteiger partial charge in [-0.2, -0.15) is 0 Å². The van der Waals surface area contributed by atoms with Crippen LogP contribution in [0.4, 0.5) is 13.2 Å². The third-order valence-corrected chi connectivity index (χ3v) is 6.09. The van der Waals surface area contributed by atoms with Gasteiger partial charge in [-0.3, -0.25) is 4.79 Å². The standard InChI is InChI=1S/C20H23ClF3N5O2.ClH/c1-10-5-16(30)29(7-10)8-14-17-11(3-4-25-14)12(21)6-13(22)19(17)31-9-15-18(20(23)24)28(2)27-26-15;/h6,10,14,20,25H,3-5,7-9H2,1-2H3;1H/t10?,14-;/m1./s1. The quantitative estimate of drug-likeness (QED) is 0.665. The number of likely N-dealkylation sites (tertiary alicyclic amines) is 1. The molecule has 176 valence electrons. The second-order valence-electron chi connectivity index (χ2n) is 8.06. The van der Waals surface area contributed by atoms with E-state index in [1.165, 1.54) is 13.1 Å². The number of hydrogen-bond acceptors (Lipinski definition) is 5. The number of nitrogens with one attached hydrogen (secondary N) is 1. The molecule has 1 aromatic heterocycles. The van der Waals surface area contributed by atoms with E-state index in [9.17, 15) is 18.0 Å². The van der Waals surface area contributed by atoms with Crippen LogP contribution in [0.25, 0.3) is 0 Å². The number of alkyl halides is 2. The van der Waals surface area contributed by atoms with Gasteiger partial charge in [0.05, 0.1) is 6.04 Å². The van der Waals surface area contributed by atoms with E-state index in [1.807, 2.05) is 6.92 Å². The Morgan fingerprint density at radius 2 is 2.16 bits per heavy atom. The Bertz CT molecular complexity index is 1000. The summed E-state index contributed by atoms with van der Waals surface area (Å²) in [5, 5.41) is 10.9. The fourth-order valence-corrected chi connectivity index (χ4v) is 4.63. The number of aryl methyl sites for hydroxylation is 1. The van der Waals surface area contributed by atoms with Crippen LogP contribution in [0.1, 0.15) is 48.3 Å². The molecule has 12 heteroatoms. The molecular formula is C20H24Cl2F3N5O2. The molecule has 0 spiro atoms. The molecule has 1 amide bonds. The van der Waals surface area contributed by atoms with Gasteiger partial charge in [0.15, 0.2) is 11.6 Å². The molecule has 1 N–H and O–H groups in total. The molecular weight excluding hydrogens is 470 g/mol. The second-order valence-corrected chi connectivity index (χ2v) is 8.47. The summed E-state index contributed by atoms with van der Waals surface area (Å²) in [7, 11) is 1.36. The first-order valence-electron chi connectivity index (χ1n) is 10.1. The average molecular weight is 494 g/mol. The number of carbonyl (C=O) groups is 1. The van der Waals surface area contributed by atoms with Crippen LogP contribution in [0, 0.1) is 11.7 Å². The van der Waals surface area contributed by atoms with Crippen molar-refractivity contribution in [2.45, 2.75) is 38.8 Å². The van der Waals surface area contributed by atoms with Gasteiger partial charge in [0.2, 0.25) is 5.91 Å². The first kappa shape index (κ1) is 24.6. The van der Waals surface area contributed by atoms with Gasteiger partial charge >= 0.3 is 0 Å². The van der Waals surface area contributed by atoms with E-state index in [2.05, 4.69) is 15.6 Å². The highest BCUT2D eigenvalue weighted by atomic mass is 35.5. The van der Waals surface area contributed by atoms with Crippen LogP contribution in [0.15, 0.2) is 6.07 Å². The van der Waals surface area contributed by atoms with Crippen LogP contribution in [-0.4, -0.2) is 45.4 Å². The number of hydrogen-bond donors (Lipinski definition) is 1. The Kier molecular flexibility index (Phi) is 7.57. The molecule has 2 aliphatic rings. The molecule has 2 aromatic rings. The number of ether oxygens (including phenoxy) is 1. The van der Waals surface area contributed by atoms with Crippen molar-refractivity contribution >= 4 is 29.9 Å². The van der Waals surface area contributed by atoms with E-state index in [4.69, 9.17) is 16.3 Å². The highest BCUT2D eigenvalue weighted by molar-refractivity contribution is 6.31. The Balaban J connectivity index is 0.00000289. The fourth-order valence-electron chi connectivity index (χ4n) is 4.34. The number of aromatic nitrogens is 3. The van der Waals surface area contributed by atoms with Crippen molar-refractivity contribution in [1.29, 1.82) is 0 Å². The maximum atomic E-state index is 14.9. The molecule has 1 fully saturated rings. The zero-order valence-electron chi connectivity index (χ0n) is 17.6. The summed E-state index contributed by atoms with van der Waals surface area (Å²) in [5.74, 6) is -0.456. The number of rotatable bonds is 6. The van der Waals surface area contributed by atoms with Gasteiger partial charge in [0, 0.05) is 37.1 Å². The number of nitrogens with zero attached hydrogens (tertiary/aromatic N) is 4. The van der Waals surface area contributed by atoms with Crippen molar-refractivity contribution in [2.24, 2.45) is 13.0 Å². The zero-order chi connectivity index (χ0) is 22.3. The van der Waals surface area contributed by atoms with Gasteiger partial charge in [-0.1, -0.05) is 23.7 Å². The Hall–Kier alpha value is -2.04. The third-order valence-electron chi connectivity index (χ3n) is 5.76. The molecule has 3 heterocycles. The van der Waals surface area contributed by atoms with Crippen molar-refractivity contribution < 1.29 is 22.7 Å². The van der Waals surface area contributed by atoms with Crippen LogP contribution in [0.5, 0.6) is 5.75 Å². The smallest absolute Gasteiger partial charge is 0.282 e. The monoisotopic (exact) mass is 493 g/mol. The fraction of sp³-hybridized carbons (Fsp3) is 0.550. The summed E-state index contributed by atoms with van der Waals surface area (Å²) in [6, 6.07) is 0.781. The molecule has 4 rings (SSSR count). The average Bonchev–Trinajstić information content (AvgIpc) is 3.23. The predicted molar refractivity (Wildman–Crippen MR) is 114 cm³/mol. The number of carbonyl (C=O) groups excluding carboxylic acids is 1. The summed E-state index contributed by atoms with van der Waals surface area (Å²) in [5.41, 5.74) is 0.805. The van der Waals surface area contributed by atoms with Crippen LogP contribution in [-0.2, 0) is 24.9 Å². The third kappa shape index (κ3) is 4.67. The summed E-state index contributed by atoms with van der Waals surface area (Å²) < 4.78 is 48.2. The molecule has 1 saturated heterocycles. The molecule has 32 heavy (non-hydrogen) atoms. The van der Waals surface area contributed by atoms with Gasteiger partial charge < -0.3 is 15.0 Å². The lowest BCUT2D eigenvalue weighted by molar-refractivity contribution is -0.128. The summed E-state index contributed by atoms with van der Waals surface area (Å²) in [6.45, 7) is 3.22. The maximum Gasteiger partial charge on any atom is 0.282 e. The van der Waals surface area contributed by atoms with E-state index < -0.39 is 18.3 Å². The largest absolute Gasteiger partial charge is 0.484 e. The predicted octanol–water partition coefficient (Wildman–Crippen LogP) is 3.60. The normalized spacial score (nSPS) is 20.5. The summed E-state index contributed by atoms with van der Waals surface area (Å²) in [6.07, 6.45) is -1.75. The molecule has 1 unspecified atom stereocenters. The van der Waals surface area contributed by atoms with E-state index in [-0.39, 0.29) is 53.0 Å². The van der Waals surface area contributed by atoms with Gasteiger partial charge in [0.1, 0.15) is 18.0 Å². The lowest BCUT2D eigenvalue weighted by atomic mass is 9.92. The van der Waals surface area contributed by atoms with Crippen molar-refractivity contribution in [3.8, 4) is 5.75 Å².